The molecule has 0 fully saturated rings. The van der Waals surface area contributed by atoms with E-state index >= 15 is 0 Å². The number of pyridine rings is 1. The number of ether oxygens (including phenoxy) is 1. The van der Waals surface area contributed by atoms with E-state index in [0.29, 0.717) is 18.9 Å². The molecule has 0 saturated heterocycles. The van der Waals surface area contributed by atoms with Crippen LogP contribution < -0.4 is 15.8 Å². The summed E-state index contributed by atoms with van der Waals surface area (Å²) < 4.78 is 5.47. The van der Waals surface area contributed by atoms with Crippen LogP contribution in [0.2, 0.25) is 0 Å². The molecule has 21 heavy (non-hydrogen) atoms. The standard InChI is InChI=1S/C16H19N3O2/c1-12-5-6-15(11-18-12)21-8-7-16(20)19-14-4-2-3-13(9-14)10-17/h2-6,9,11H,7-8,10,17H2,1H3,(H,19,20). The Balaban J connectivity index is 1.78. The number of aryl methyl sites for hydroxylation is 1. The molecule has 0 atom stereocenters. The summed E-state index contributed by atoms with van der Waals surface area (Å²) in [6.07, 6.45) is 1.93. The monoisotopic (exact) mass is 285 g/mol. The van der Waals surface area contributed by atoms with Crippen LogP contribution in [0.4, 0.5) is 5.69 Å². The van der Waals surface area contributed by atoms with E-state index in [0.717, 1.165) is 16.9 Å². The normalized spacial score (nSPS) is 10.2. The van der Waals surface area contributed by atoms with E-state index in [-0.39, 0.29) is 12.3 Å². The lowest BCUT2D eigenvalue weighted by molar-refractivity contribution is -0.116. The molecule has 0 aliphatic rings. The summed E-state index contributed by atoms with van der Waals surface area (Å²) in [7, 11) is 0. The van der Waals surface area contributed by atoms with Crippen molar-refractivity contribution in [1.82, 2.24) is 4.98 Å². The Morgan fingerprint density at radius 1 is 1.33 bits per heavy atom. The van der Waals surface area contributed by atoms with Crippen LogP contribution >= 0.6 is 0 Å². The third-order valence-electron chi connectivity index (χ3n) is 2.93. The van der Waals surface area contributed by atoms with Gasteiger partial charge in [-0.3, -0.25) is 9.78 Å². The maximum absolute atomic E-state index is 11.8. The third kappa shape index (κ3) is 4.89. The summed E-state index contributed by atoms with van der Waals surface area (Å²) in [5.41, 5.74) is 8.23. The topological polar surface area (TPSA) is 77.2 Å². The van der Waals surface area contributed by atoms with E-state index in [1.54, 1.807) is 6.20 Å². The van der Waals surface area contributed by atoms with Gasteiger partial charge in [-0.15, -0.1) is 0 Å². The SMILES string of the molecule is Cc1ccc(OCCC(=O)Nc2cccc(CN)c2)cn1. The Kier molecular flexibility index (Phi) is 5.29. The molecule has 1 aromatic carbocycles. The number of nitrogens with zero attached hydrogens (tertiary/aromatic N) is 1. The van der Waals surface area contributed by atoms with Gasteiger partial charge in [0.2, 0.25) is 5.91 Å². The molecule has 5 heteroatoms. The zero-order valence-electron chi connectivity index (χ0n) is 12.0. The molecule has 0 aliphatic heterocycles. The van der Waals surface area contributed by atoms with Gasteiger partial charge in [-0.05, 0) is 36.8 Å². The van der Waals surface area contributed by atoms with Crippen molar-refractivity contribution >= 4 is 11.6 Å². The predicted molar refractivity (Wildman–Crippen MR) is 82.0 cm³/mol. The van der Waals surface area contributed by atoms with Crippen molar-refractivity contribution in [1.29, 1.82) is 0 Å². The Bertz CT molecular complexity index is 597. The molecule has 0 aliphatic carbocycles. The number of hydrogen-bond donors (Lipinski definition) is 2. The molecule has 0 radical (unpaired) electrons. The average molecular weight is 285 g/mol. The fourth-order valence-electron chi connectivity index (χ4n) is 1.80. The Morgan fingerprint density at radius 3 is 2.90 bits per heavy atom. The lowest BCUT2D eigenvalue weighted by Gasteiger charge is -2.08. The van der Waals surface area contributed by atoms with Crippen LogP contribution in [0.25, 0.3) is 0 Å². The Hall–Kier alpha value is -2.40. The zero-order chi connectivity index (χ0) is 15.1. The lowest BCUT2D eigenvalue weighted by Crippen LogP contribution is -2.15. The predicted octanol–water partition coefficient (Wildman–Crippen LogP) is 2.26. The van der Waals surface area contributed by atoms with E-state index in [4.69, 9.17) is 10.5 Å². The zero-order valence-corrected chi connectivity index (χ0v) is 12.0. The number of hydrogen-bond acceptors (Lipinski definition) is 4. The second-order valence-corrected chi connectivity index (χ2v) is 4.69. The van der Waals surface area contributed by atoms with Gasteiger partial charge in [-0.1, -0.05) is 12.1 Å². The minimum absolute atomic E-state index is 0.0933. The molecule has 0 unspecified atom stereocenters. The fraction of sp³-hybridized carbons (Fsp3) is 0.250. The lowest BCUT2D eigenvalue weighted by atomic mass is 10.2. The molecular weight excluding hydrogens is 266 g/mol. The number of nitrogens with two attached hydrogens (primary N) is 1. The van der Waals surface area contributed by atoms with E-state index < -0.39 is 0 Å². The van der Waals surface area contributed by atoms with Crippen molar-refractivity contribution in [2.75, 3.05) is 11.9 Å². The van der Waals surface area contributed by atoms with Crippen molar-refractivity contribution in [3.8, 4) is 5.75 Å². The van der Waals surface area contributed by atoms with Gasteiger partial charge in [-0.2, -0.15) is 0 Å². The number of amides is 1. The molecule has 1 amide bonds. The van der Waals surface area contributed by atoms with Gasteiger partial charge < -0.3 is 15.8 Å². The van der Waals surface area contributed by atoms with Crippen molar-refractivity contribution in [2.24, 2.45) is 5.73 Å². The highest BCUT2D eigenvalue weighted by atomic mass is 16.5. The van der Waals surface area contributed by atoms with Gasteiger partial charge in [0.05, 0.1) is 19.2 Å². The first-order chi connectivity index (χ1) is 10.2. The third-order valence-corrected chi connectivity index (χ3v) is 2.93. The summed E-state index contributed by atoms with van der Waals surface area (Å²) in [6.45, 7) is 2.67. The van der Waals surface area contributed by atoms with Gasteiger partial charge in [-0.25, -0.2) is 0 Å². The van der Waals surface area contributed by atoms with Gasteiger partial charge >= 0.3 is 0 Å². The molecule has 0 spiro atoms. The number of carbonyl (C=O) groups is 1. The first-order valence-electron chi connectivity index (χ1n) is 6.81. The Labute approximate surface area is 124 Å². The van der Waals surface area contributed by atoms with Crippen LogP contribution in [0, 0.1) is 6.92 Å². The van der Waals surface area contributed by atoms with E-state index in [1.807, 2.05) is 43.3 Å². The van der Waals surface area contributed by atoms with Gasteiger partial charge in [0.25, 0.3) is 0 Å². The number of benzene rings is 1. The summed E-state index contributed by atoms with van der Waals surface area (Å²) in [6, 6.07) is 11.2. The number of carbonyl (C=O) groups excluding carboxylic acids is 1. The Morgan fingerprint density at radius 2 is 2.19 bits per heavy atom. The van der Waals surface area contributed by atoms with E-state index in [1.165, 1.54) is 0 Å². The molecule has 2 rings (SSSR count). The fourth-order valence-corrected chi connectivity index (χ4v) is 1.80. The van der Waals surface area contributed by atoms with Crippen molar-refractivity contribution in [3.63, 3.8) is 0 Å². The summed E-state index contributed by atoms with van der Waals surface area (Å²) in [5, 5.41) is 2.82. The molecule has 0 saturated carbocycles. The number of rotatable bonds is 6. The van der Waals surface area contributed by atoms with Crippen LogP contribution in [0.15, 0.2) is 42.6 Å². The molecule has 1 aromatic heterocycles. The van der Waals surface area contributed by atoms with Gasteiger partial charge in [0.15, 0.2) is 0 Å². The van der Waals surface area contributed by atoms with E-state index in [9.17, 15) is 4.79 Å². The molecule has 1 heterocycles. The molecule has 5 nitrogen and oxygen atoms in total. The number of anilines is 1. The van der Waals surface area contributed by atoms with Crippen molar-refractivity contribution in [3.05, 3.63) is 53.9 Å². The van der Waals surface area contributed by atoms with Gasteiger partial charge in [0.1, 0.15) is 5.75 Å². The highest BCUT2D eigenvalue weighted by Gasteiger charge is 2.04. The molecule has 3 N–H and O–H groups in total. The molecule has 0 bridgehead atoms. The first kappa shape index (κ1) is 15.0. The number of nitrogens with one attached hydrogen (secondary N) is 1. The largest absolute Gasteiger partial charge is 0.491 e. The molecular formula is C16H19N3O2. The van der Waals surface area contributed by atoms with Crippen LogP contribution in [0.1, 0.15) is 17.7 Å². The van der Waals surface area contributed by atoms with Crippen molar-refractivity contribution < 1.29 is 9.53 Å². The van der Waals surface area contributed by atoms with Crippen LogP contribution in [-0.4, -0.2) is 17.5 Å². The quantitative estimate of drug-likeness (QED) is 0.853. The average Bonchev–Trinajstić information content (AvgIpc) is 2.49. The number of aromatic nitrogens is 1. The summed E-state index contributed by atoms with van der Waals surface area (Å²) in [5.74, 6) is 0.572. The second-order valence-electron chi connectivity index (χ2n) is 4.69. The highest BCUT2D eigenvalue weighted by molar-refractivity contribution is 5.90. The van der Waals surface area contributed by atoms with Crippen molar-refractivity contribution in [2.45, 2.75) is 19.9 Å². The summed E-state index contributed by atoms with van der Waals surface area (Å²) >= 11 is 0. The first-order valence-corrected chi connectivity index (χ1v) is 6.81. The van der Waals surface area contributed by atoms with Crippen LogP contribution in [-0.2, 0) is 11.3 Å². The van der Waals surface area contributed by atoms with Gasteiger partial charge in [0, 0.05) is 17.9 Å². The molecule has 110 valence electrons. The maximum Gasteiger partial charge on any atom is 0.227 e. The molecule has 2 aromatic rings. The highest BCUT2D eigenvalue weighted by Crippen LogP contribution is 2.11. The maximum atomic E-state index is 11.8. The van der Waals surface area contributed by atoms with E-state index in [2.05, 4.69) is 10.3 Å². The van der Waals surface area contributed by atoms with Crippen LogP contribution in [0.5, 0.6) is 5.75 Å². The summed E-state index contributed by atoms with van der Waals surface area (Å²) in [4.78, 5) is 15.9. The minimum atomic E-state index is -0.0933. The van der Waals surface area contributed by atoms with Crippen LogP contribution in [0.3, 0.4) is 0 Å². The smallest absolute Gasteiger partial charge is 0.227 e. The minimum Gasteiger partial charge on any atom is -0.491 e. The second kappa shape index (κ2) is 7.40.